The third-order valence-electron chi connectivity index (χ3n) is 2.52. The molecule has 0 bridgehead atoms. The number of ether oxygens (including phenoxy) is 1. The van der Waals surface area contributed by atoms with Crippen LogP contribution in [0, 0.1) is 10.1 Å². The molecule has 0 amide bonds. The number of benzene rings is 1. The highest BCUT2D eigenvalue weighted by Gasteiger charge is 2.27. The number of nitro benzene ring substituents is 1. The molecular formula is C12H15F3N2O4. The lowest BCUT2D eigenvalue weighted by molar-refractivity contribution is -0.384. The summed E-state index contributed by atoms with van der Waals surface area (Å²) >= 11 is 0. The van der Waals surface area contributed by atoms with Crippen molar-refractivity contribution in [2.75, 3.05) is 26.3 Å². The van der Waals surface area contributed by atoms with Gasteiger partial charge in [-0.1, -0.05) is 0 Å². The number of rotatable bonds is 8. The minimum atomic E-state index is -4.35. The summed E-state index contributed by atoms with van der Waals surface area (Å²) in [4.78, 5) is 9.91. The second-order valence-electron chi connectivity index (χ2n) is 4.24. The zero-order valence-electron chi connectivity index (χ0n) is 11.0. The van der Waals surface area contributed by atoms with Crippen LogP contribution in [0.4, 0.5) is 18.9 Å². The first-order chi connectivity index (χ1) is 9.79. The van der Waals surface area contributed by atoms with E-state index in [-0.39, 0.29) is 25.4 Å². The Bertz CT molecular complexity index is 451. The zero-order chi connectivity index (χ0) is 15.9. The Balaban J connectivity index is 2.24. The number of nitrogens with zero attached hydrogens (tertiary/aromatic N) is 1. The van der Waals surface area contributed by atoms with E-state index in [1.54, 1.807) is 0 Å². The number of hydrogen-bond donors (Lipinski definition) is 2. The molecule has 0 heterocycles. The first-order valence-corrected chi connectivity index (χ1v) is 6.07. The van der Waals surface area contributed by atoms with Gasteiger partial charge >= 0.3 is 6.18 Å². The molecule has 1 aromatic rings. The Morgan fingerprint density at radius 3 is 2.48 bits per heavy atom. The lowest BCUT2D eigenvalue weighted by atomic mass is 10.1. The first kappa shape index (κ1) is 17.3. The van der Waals surface area contributed by atoms with Crippen LogP contribution in [0.3, 0.4) is 0 Å². The SMILES string of the molecule is O=[N+]([O-])c1ccc(C(O)CNCCOCC(F)(F)F)cc1. The van der Waals surface area contributed by atoms with E-state index in [0.717, 1.165) is 0 Å². The van der Waals surface area contributed by atoms with E-state index in [0.29, 0.717) is 5.56 Å². The fraction of sp³-hybridized carbons (Fsp3) is 0.500. The van der Waals surface area contributed by atoms with Gasteiger partial charge in [0.25, 0.3) is 5.69 Å². The second kappa shape index (κ2) is 7.91. The lowest BCUT2D eigenvalue weighted by Gasteiger charge is -2.12. The smallest absolute Gasteiger partial charge is 0.387 e. The molecule has 9 heteroatoms. The summed E-state index contributed by atoms with van der Waals surface area (Å²) in [5.74, 6) is 0. The molecule has 2 N–H and O–H groups in total. The molecule has 0 aliphatic carbocycles. The molecule has 0 fully saturated rings. The van der Waals surface area contributed by atoms with Crippen LogP contribution in [-0.2, 0) is 4.74 Å². The molecule has 0 aliphatic heterocycles. The Morgan fingerprint density at radius 1 is 1.33 bits per heavy atom. The van der Waals surface area contributed by atoms with Crippen molar-refractivity contribution in [2.24, 2.45) is 0 Å². The highest BCUT2D eigenvalue weighted by Crippen LogP contribution is 2.17. The number of alkyl halides is 3. The van der Waals surface area contributed by atoms with E-state index in [1.807, 2.05) is 0 Å². The fourth-order valence-corrected chi connectivity index (χ4v) is 1.51. The molecule has 0 spiro atoms. The number of halogens is 3. The molecule has 1 aromatic carbocycles. The molecule has 0 saturated carbocycles. The lowest BCUT2D eigenvalue weighted by Crippen LogP contribution is -2.27. The van der Waals surface area contributed by atoms with Gasteiger partial charge < -0.3 is 15.2 Å². The standard InChI is InChI=1S/C12H15F3N2O4/c13-12(14,15)8-21-6-5-16-7-11(18)9-1-3-10(4-2-9)17(19)20/h1-4,11,16,18H,5-8H2. The fourth-order valence-electron chi connectivity index (χ4n) is 1.51. The summed E-state index contributed by atoms with van der Waals surface area (Å²) in [6.45, 7) is -1.18. The third kappa shape index (κ3) is 7.02. The number of non-ortho nitro benzene ring substituents is 1. The third-order valence-corrected chi connectivity index (χ3v) is 2.52. The minimum absolute atomic E-state index is 0.0838. The second-order valence-corrected chi connectivity index (χ2v) is 4.24. The molecule has 118 valence electrons. The van der Waals surface area contributed by atoms with Crippen molar-refractivity contribution in [1.82, 2.24) is 5.32 Å². The number of hydrogen-bond acceptors (Lipinski definition) is 5. The maximum Gasteiger partial charge on any atom is 0.411 e. The maximum absolute atomic E-state index is 11.8. The van der Waals surface area contributed by atoms with Gasteiger partial charge in [-0.15, -0.1) is 0 Å². The Morgan fingerprint density at radius 2 is 1.95 bits per heavy atom. The van der Waals surface area contributed by atoms with Crippen molar-refractivity contribution in [3.63, 3.8) is 0 Å². The molecule has 0 radical (unpaired) electrons. The zero-order valence-corrected chi connectivity index (χ0v) is 11.0. The monoisotopic (exact) mass is 308 g/mol. The van der Waals surface area contributed by atoms with Gasteiger partial charge in [0.2, 0.25) is 0 Å². The molecule has 21 heavy (non-hydrogen) atoms. The van der Waals surface area contributed by atoms with Gasteiger partial charge in [0.15, 0.2) is 0 Å². The highest BCUT2D eigenvalue weighted by molar-refractivity contribution is 5.33. The van der Waals surface area contributed by atoms with E-state index >= 15 is 0 Å². The minimum Gasteiger partial charge on any atom is -0.387 e. The summed E-state index contributed by atoms with van der Waals surface area (Å²) in [6, 6.07) is 5.38. The average molecular weight is 308 g/mol. The van der Waals surface area contributed by atoms with E-state index in [9.17, 15) is 28.4 Å². The largest absolute Gasteiger partial charge is 0.411 e. The van der Waals surface area contributed by atoms with Crippen molar-refractivity contribution in [3.05, 3.63) is 39.9 Å². The van der Waals surface area contributed by atoms with Crippen molar-refractivity contribution in [3.8, 4) is 0 Å². The number of aliphatic hydroxyl groups excluding tert-OH is 1. The molecule has 1 atom stereocenters. The molecular weight excluding hydrogens is 293 g/mol. The topological polar surface area (TPSA) is 84.6 Å². The van der Waals surface area contributed by atoms with Crippen molar-refractivity contribution >= 4 is 5.69 Å². The molecule has 0 aliphatic rings. The average Bonchev–Trinajstić information content (AvgIpc) is 2.41. The maximum atomic E-state index is 11.8. The van der Waals surface area contributed by atoms with E-state index in [1.165, 1.54) is 24.3 Å². The van der Waals surface area contributed by atoms with Crippen molar-refractivity contribution < 1.29 is 27.9 Å². The van der Waals surface area contributed by atoms with Crippen LogP contribution in [0.25, 0.3) is 0 Å². The van der Waals surface area contributed by atoms with Crippen LogP contribution in [-0.4, -0.2) is 42.5 Å². The van der Waals surface area contributed by atoms with E-state index in [2.05, 4.69) is 10.1 Å². The number of aliphatic hydroxyl groups is 1. The summed E-state index contributed by atoms with van der Waals surface area (Å²) < 4.78 is 39.7. The summed E-state index contributed by atoms with van der Waals surface area (Å²) in [5.41, 5.74) is 0.392. The Labute approximate surface area is 118 Å². The van der Waals surface area contributed by atoms with Crippen LogP contribution in [0.2, 0.25) is 0 Å². The number of nitrogens with one attached hydrogen (secondary N) is 1. The van der Waals surface area contributed by atoms with Crippen LogP contribution in [0.1, 0.15) is 11.7 Å². The predicted molar refractivity (Wildman–Crippen MR) is 67.8 cm³/mol. The molecule has 0 aromatic heterocycles. The molecule has 6 nitrogen and oxygen atoms in total. The van der Waals surface area contributed by atoms with Gasteiger partial charge in [0.05, 0.1) is 17.6 Å². The normalized spacial score (nSPS) is 13.1. The predicted octanol–water partition coefficient (Wildman–Crippen LogP) is 1.80. The highest BCUT2D eigenvalue weighted by atomic mass is 19.4. The van der Waals surface area contributed by atoms with Crippen molar-refractivity contribution in [1.29, 1.82) is 0 Å². The number of nitro groups is 1. The summed E-state index contributed by atoms with van der Waals surface area (Å²) in [7, 11) is 0. The van der Waals surface area contributed by atoms with Gasteiger partial charge in [0.1, 0.15) is 6.61 Å². The van der Waals surface area contributed by atoms with Crippen molar-refractivity contribution in [2.45, 2.75) is 12.3 Å². The molecule has 1 unspecified atom stereocenters. The van der Waals surface area contributed by atoms with Crippen LogP contribution in [0.15, 0.2) is 24.3 Å². The van der Waals surface area contributed by atoms with E-state index < -0.39 is 23.8 Å². The summed E-state index contributed by atoms with van der Waals surface area (Å²) in [6.07, 6.45) is -5.26. The van der Waals surface area contributed by atoms with Gasteiger partial charge in [-0.25, -0.2) is 0 Å². The molecule has 1 rings (SSSR count). The molecule has 0 saturated heterocycles. The van der Waals surface area contributed by atoms with Crippen LogP contribution >= 0.6 is 0 Å². The van der Waals surface area contributed by atoms with Crippen LogP contribution < -0.4 is 5.32 Å². The summed E-state index contributed by atoms with van der Waals surface area (Å²) in [5, 5.41) is 23.0. The Kier molecular flexibility index (Phi) is 6.53. The Hall–Kier alpha value is -1.71. The van der Waals surface area contributed by atoms with E-state index in [4.69, 9.17) is 0 Å². The van der Waals surface area contributed by atoms with Gasteiger partial charge in [-0.2, -0.15) is 13.2 Å². The van der Waals surface area contributed by atoms with Crippen LogP contribution in [0.5, 0.6) is 0 Å². The quantitative estimate of drug-likeness (QED) is 0.434. The van der Waals surface area contributed by atoms with Gasteiger partial charge in [-0.05, 0) is 17.7 Å². The van der Waals surface area contributed by atoms with Gasteiger partial charge in [0, 0.05) is 25.2 Å². The first-order valence-electron chi connectivity index (χ1n) is 6.07. The van der Waals surface area contributed by atoms with Gasteiger partial charge in [-0.3, -0.25) is 10.1 Å².